The highest BCUT2D eigenvalue weighted by atomic mass is 16.1. The molecule has 1 unspecified atom stereocenters. The van der Waals surface area contributed by atoms with Gasteiger partial charge in [-0.2, -0.15) is 0 Å². The average Bonchev–Trinajstić information content (AvgIpc) is 2.21. The van der Waals surface area contributed by atoms with Crippen molar-refractivity contribution in [2.45, 2.75) is 51.1 Å². The van der Waals surface area contributed by atoms with Gasteiger partial charge >= 0.3 is 0 Å². The Labute approximate surface area is 109 Å². The minimum Gasteiger partial charge on any atom is -0.370 e. The van der Waals surface area contributed by atoms with Crippen LogP contribution in [0.4, 0.5) is 0 Å². The SMILES string of the molecule is Cc1cccc(C2CC(NC(C)CC(N)=O)C2)c1. The van der Waals surface area contributed by atoms with Crippen molar-refractivity contribution in [1.29, 1.82) is 0 Å². The third-order valence-corrected chi connectivity index (χ3v) is 3.68. The number of primary amides is 1. The maximum atomic E-state index is 10.8. The molecule has 1 aromatic carbocycles. The summed E-state index contributed by atoms with van der Waals surface area (Å²) in [5, 5.41) is 3.46. The predicted molar refractivity (Wildman–Crippen MR) is 73.4 cm³/mol. The Morgan fingerprint density at radius 1 is 1.50 bits per heavy atom. The van der Waals surface area contributed by atoms with E-state index in [2.05, 4.69) is 36.5 Å². The molecular formula is C15H22N2O. The van der Waals surface area contributed by atoms with Gasteiger partial charge in [-0.15, -0.1) is 0 Å². The highest BCUT2D eigenvalue weighted by molar-refractivity contribution is 5.74. The van der Waals surface area contributed by atoms with Crippen LogP contribution in [-0.4, -0.2) is 18.0 Å². The fourth-order valence-corrected chi connectivity index (χ4v) is 2.71. The van der Waals surface area contributed by atoms with Crippen LogP contribution >= 0.6 is 0 Å². The molecule has 98 valence electrons. The fourth-order valence-electron chi connectivity index (χ4n) is 2.71. The molecule has 1 atom stereocenters. The standard InChI is InChI=1S/C15H22N2O/c1-10-4-3-5-12(6-10)13-8-14(9-13)17-11(2)7-15(16)18/h3-6,11,13-14,17H,7-9H2,1-2H3,(H2,16,18). The molecule has 0 bridgehead atoms. The van der Waals surface area contributed by atoms with E-state index in [4.69, 9.17) is 5.73 Å². The molecule has 1 amide bonds. The van der Waals surface area contributed by atoms with Crippen molar-refractivity contribution >= 4 is 5.91 Å². The second-order valence-electron chi connectivity index (χ2n) is 5.52. The smallest absolute Gasteiger partial charge is 0.218 e. The number of nitrogens with two attached hydrogens (primary N) is 1. The van der Waals surface area contributed by atoms with E-state index in [-0.39, 0.29) is 11.9 Å². The van der Waals surface area contributed by atoms with Crippen LogP contribution < -0.4 is 11.1 Å². The van der Waals surface area contributed by atoms with Crippen molar-refractivity contribution in [2.24, 2.45) is 5.73 Å². The van der Waals surface area contributed by atoms with E-state index < -0.39 is 0 Å². The van der Waals surface area contributed by atoms with E-state index >= 15 is 0 Å². The highest BCUT2D eigenvalue weighted by Gasteiger charge is 2.30. The third-order valence-electron chi connectivity index (χ3n) is 3.68. The monoisotopic (exact) mass is 246 g/mol. The molecule has 0 spiro atoms. The molecule has 1 aliphatic rings. The predicted octanol–water partition coefficient (Wildman–Crippen LogP) is 2.09. The van der Waals surface area contributed by atoms with E-state index in [9.17, 15) is 4.79 Å². The van der Waals surface area contributed by atoms with Gasteiger partial charge < -0.3 is 11.1 Å². The zero-order valence-corrected chi connectivity index (χ0v) is 11.1. The summed E-state index contributed by atoms with van der Waals surface area (Å²) in [7, 11) is 0. The van der Waals surface area contributed by atoms with Crippen LogP contribution in [-0.2, 0) is 4.79 Å². The number of amides is 1. The Balaban J connectivity index is 1.78. The summed E-state index contributed by atoms with van der Waals surface area (Å²) in [4.78, 5) is 10.8. The lowest BCUT2D eigenvalue weighted by Gasteiger charge is -2.38. The van der Waals surface area contributed by atoms with Gasteiger partial charge in [-0.25, -0.2) is 0 Å². The summed E-state index contributed by atoms with van der Waals surface area (Å²) in [5.74, 6) is 0.438. The summed E-state index contributed by atoms with van der Waals surface area (Å²) < 4.78 is 0. The van der Waals surface area contributed by atoms with E-state index in [1.807, 2.05) is 6.92 Å². The molecule has 0 aromatic heterocycles. The molecule has 1 aliphatic carbocycles. The fraction of sp³-hybridized carbons (Fsp3) is 0.533. The summed E-state index contributed by atoms with van der Waals surface area (Å²) in [6.07, 6.45) is 2.74. The maximum absolute atomic E-state index is 10.8. The van der Waals surface area contributed by atoms with Crippen LogP contribution in [0.3, 0.4) is 0 Å². The first kappa shape index (κ1) is 13.1. The van der Waals surface area contributed by atoms with Crippen molar-refractivity contribution in [3.05, 3.63) is 35.4 Å². The topological polar surface area (TPSA) is 55.1 Å². The van der Waals surface area contributed by atoms with Crippen molar-refractivity contribution in [3.63, 3.8) is 0 Å². The number of nitrogens with one attached hydrogen (secondary N) is 1. The average molecular weight is 246 g/mol. The number of aryl methyl sites for hydroxylation is 1. The number of carbonyl (C=O) groups is 1. The van der Waals surface area contributed by atoms with Gasteiger partial charge in [0.15, 0.2) is 0 Å². The molecule has 1 saturated carbocycles. The molecule has 1 fully saturated rings. The van der Waals surface area contributed by atoms with E-state index in [1.54, 1.807) is 0 Å². The molecular weight excluding hydrogens is 224 g/mol. The highest BCUT2D eigenvalue weighted by Crippen LogP contribution is 2.37. The Hall–Kier alpha value is -1.35. The molecule has 1 aromatic rings. The summed E-state index contributed by atoms with van der Waals surface area (Å²) in [6, 6.07) is 9.46. The minimum absolute atomic E-state index is 0.186. The van der Waals surface area contributed by atoms with E-state index in [0.29, 0.717) is 18.4 Å². The molecule has 3 N–H and O–H groups in total. The number of hydrogen-bond acceptors (Lipinski definition) is 2. The molecule has 0 heterocycles. The van der Waals surface area contributed by atoms with Gasteiger partial charge in [-0.1, -0.05) is 29.8 Å². The summed E-state index contributed by atoms with van der Waals surface area (Å²) in [5.41, 5.74) is 7.95. The van der Waals surface area contributed by atoms with Crippen molar-refractivity contribution < 1.29 is 4.79 Å². The molecule has 0 saturated heterocycles. The maximum Gasteiger partial charge on any atom is 0.218 e. The van der Waals surface area contributed by atoms with Gasteiger partial charge in [0.2, 0.25) is 5.91 Å². The first-order valence-corrected chi connectivity index (χ1v) is 6.65. The van der Waals surface area contributed by atoms with Crippen molar-refractivity contribution in [2.75, 3.05) is 0 Å². The van der Waals surface area contributed by atoms with Crippen LogP contribution in [0.25, 0.3) is 0 Å². The van der Waals surface area contributed by atoms with Gasteiger partial charge in [0.05, 0.1) is 0 Å². The zero-order chi connectivity index (χ0) is 13.1. The van der Waals surface area contributed by atoms with Crippen molar-refractivity contribution in [1.82, 2.24) is 5.32 Å². The molecule has 3 heteroatoms. The molecule has 0 radical (unpaired) electrons. The first-order chi connectivity index (χ1) is 8.54. The van der Waals surface area contributed by atoms with Gasteiger partial charge in [0.1, 0.15) is 0 Å². The lowest BCUT2D eigenvalue weighted by atomic mass is 9.75. The van der Waals surface area contributed by atoms with Crippen LogP contribution in [0, 0.1) is 6.92 Å². The van der Waals surface area contributed by atoms with Gasteiger partial charge in [-0.3, -0.25) is 4.79 Å². The largest absolute Gasteiger partial charge is 0.370 e. The van der Waals surface area contributed by atoms with Crippen LogP contribution in [0.1, 0.15) is 43.2 Å². The lowest BCUT2D eigenvalue weighted by molar-refractivity contribution is -0.118. The Morgan fingerprint density at radius 3 is 2.83 bits per heavy atom. The van der Waals surface area contributed by atoms with Crippen LogP contribution in [0.2, 0.25) is 0 Å². The molecule has 18 heavy (non-hydrogen) atoms. The van der Waals surface area contributed by atoms with Crippen LogP contribution in [0.5, 0.6) is 0 Å². The normalized spacial score (nSPS) is 24.3. The van der Waals surface area contributed by atoms with E-state index in [1.165, 1.54) is 11.1 Å². The van der Waals surface area contributed by atoms with Gasteiger partial charge in [0.25, 0.3) is 0 Å². The molecule has 3 nitrogen and oxygen atoms in total. The quantitative estimate of drug-likeness (QED) is 0.836. The zero-order valence-electron chi connectivity index (χ0n) is 11.1. The molecule has 2 rings (SSSR count). The Kier molecular flexibility index (Phi) is 4.02. The minimum atomic E-state index is -0.232. The van der Waals surface area contributed by atoms with Crippen molar-refractivity contribution in [3.8, 4) is 0 Å². The number of rotatable bonds is 5. The van der Waals surface area contributed by atoms with Gasteiger partial charge in [-0.05, 0) is 38.2 Å². The van der Waals surface area contributed by atoms with E-state index in [0.717, 1.165) is 12.8 Å². The lowest BCUT2D eigenvalue weighted by Crippen LogP contribution is -2.45. The van der Waals surface area contributed by atoms with Crippen LogP contribution in [0.15, 0.2) is 24.3 Å². The summed E-state index contributed by atoms with van der Waals surface area (Å²) >= 11 is 0. The van der Waals surface area contributed by atoms with Gasteiger partial charge in [0, 0.05) is 18.5 Å². The second-order valence-corrected chi connectivity index (χ2v) is 5.52. The Bertz CT molecular complexity index is 424. The third kappa shape index (κ3) is 3.33. The second kappa shape index (κ2) is 5.53. The molecule has 0 aliphatic heterocycles. The Morgan fingerprint density at radius 2 is 2.22 bits per heavy atom. The number of benzene rings is 1. The number of carbonyl (C=O) groups excluding carboxylic acids is 1. The first-order valence-electron chi connectivity index (χ1n) is 6.65. The number of hydrogen-bond donors (Lipinski definition) is 2. The summed E-state index contributed by atoms with van der Waals surface area (Å²) in [6.45, 7) is 4.15.